The van der Waals surface area contributed by atoms with E-state index in [0.717, 1.165) is 42.4 Å². The van der Waals surface area contributed by atoms with E-state index < -0.39 is 0 Å². The second-order valence-corrected chi connectivity index (χ2v) is 7.58. The maximum absolute atomic E-state index is 13.1. The third kappa shape index (κ3) is 6.01. The number of nitrogens with zero attached hydrogens (tertiary/aromatic N) is 2. The highest BCUT2D eigenvalue weighted by Gasteiger charge is 2.38. The van der Waals surface area contributed by atoms with Gasteiger partial charge < -0.3 is 10.2 Å². The Balaban J connectivity index is 2.99. The van der Waals surface area contributed by atoms with Crippen LogP contribution in [-0.2, 0) is 4.79 Å². The van der Waals surface area contributed by atoms with Gasteiger partial charge in [0.05, 0.1) is 0 Å². The highest BCUT2D eigenvalue weighted by Crippen LogP contribution is 2.36. The highest BCUT2D eigenvalue weighted by molar-refractivity contribution is 5.98. The molecule has 4 nitrogen and oxygen atoms in total. The second kappa shape index (κ2) is 9.56. The van der Waals surface area contributed by atoms with Gasteiger partial charge in [0, 0.05) is 30.3 Å². The number of aliphatic imine (C=N–C) groups is 1. The van der Waals surface area contributed by atoms with Crippen molar-refractivity contribution in [3.8, 4) is 0 Å². The van der Waals surface area contributed by atoms with Crippen molar-refractivity contribution >= 4 is 12.6 Å². The third-order valence-corrected chi connectivity index (χ3v) is 4.95. The first-order valence-electron chi connectivity index (χ1n) is 9.38. The van der Waals surface area contributed by atoms with E-state index in [1.165, 1.54) is 5.57 Å². The van der Waals surface area contributed by atoms with Gasteiger partial charge in [0.25, 0.3) is 5.91 Å². The summed E-state index contributed by atoms with van der Waals surface area (Å²) in [6, 6.07) is 0. The van der Waals surface area contributed by atoms with Crippen molar-refractivity contribution in [3.63, 3.8) is 0 Å². The zero-order valence-electron chi connectivity index (χ0n) is 17.4. The monoisotopic (exact) mass is 357 g/mol. The summed E-state index contributed by atoms with van der Waals surface area (Å²) in [5.41, 5.74) is 3.95. The van der Waals surface area contributed by atoms with Gasteiger partial charge in [-0.25, -0.2) is 4.99 Å². The Labute approximate surface area is 159 Å². The van der Waals surface area contributed by atoms with E-state index >= 15 is 0 Å². The summed E-state index contributed by atoms with van der Waals surface area (Å²) in [4.78, 5) is 19.0. The topological polar surface area (TPSA) is 44.7 Å². The molecular weight excluding hydrogens is 322 g/mol. The van der Waals surface area contributed by atoms with Crippen LogP contribution in [0.4, 0.5) is 0 Å². The average Bonchev–Trinajstić information content (AvgIpc) is 3.33. The fourth-order valence-corrected chi connectivity index (χ4v) is 2.87. The van der Waals surface area contributed by atoms with Crippen molar-refractivity contribution in [2.45, 2.75) is 65.8 Å². The van der Waals surface area contributed by atoms with Crippen molar-refractivity contribution in [1.82, 2.24) is 10.2 Å². The van der Waals surface area contributed by atoms with Crippen LogP contribution in [-0.4, -0.2) is 36.7 Å². The van der Waals surface area contributed by atoms with Crippen LogP contribution in [0.3, 0.4) is 0 Å². The summed E-state index contributed by atoms with van der Waals surface area (Å²) >= 11 is 0. The van der Waals surface area contributed by atoms with Crippen LogP contribution in [0.2, 0.25) is 0 Å². The molecule has 1 amide bonds. The number of nitrogens with one attached hydrogen (secondary N) is 1. The summed E-state index contributed by atoms with van der Waals surface area (Å²) in [5.74, 6) is 0.740. The average molecular weight is 358 g/mol. The van der Waals surface area contributed by atoms with Crippen LogP contribution in [0.15, 0.2) is 51.8 Å². The largest absolute Gasteiger partial charge is 0.365 e. The lowest BCUT2D eigenvalue weighted by molar-refractivity contribution is -0.125. The zero-order chi connectivity index (χ0) is 19.9. The summed E-state index contributed by atoms with van der Waals surface area (Å²) in [5, 5.41) is 3.45. The first kappa shape index (κ1) is 21.9. The number of rotatable bonds is 10. The van der Waals surface area contributed by atoms with Gasteiger partial charge in [-0.3, -0.25) is 4.79 Å². The van der Waals surface area contributed by atoms with Crippen molar-refractivity contribution in [2.24, 2.45) is 4.99 Å². The minimum Gasteiger partial charge on any atom is -0.365 e. The summed E-state index contributed by atoms with van der Waals surface area (Å²) in [7, 11) is 1.86. The molecule has 1 aliphatic carbocycles. The van der Waals surface area contributed by atoms with Crippen LogP contribution < -0.4 is 5.32 Å². The number of hydrogen-bond acceptors (Lipinski definition) is 3. The molecule has 1 rings (SSSR count). The molecular formula is C22H35N3O. The van der Waals surface area contributed by atoms with E-state index in [9.17, 15) is 4.79 Å². The SMILES string of the molecule is C=C/C=C(\CC)CCN(C)C(=O)C(=C(C)C)/C(C)=C(/N=C)NC1(C)CC1. The van der Waals surface area contributed by atoms with Gasteiger partial charge >= 0.3 is 0 Å². The van der Waals surface area contributed by atoms with E-state index in [1.807, 2.05) is 33.9 Å². The van der Waals surface area contributed by atoms with Crippen LogP contribution in [0, 0.1) is 0 Å². The second-order valence-electron chi connectivity index (χ2n) is 7.58. The molecule has 0 aliphatic heterocycles. The Morgan fingerprint density at radius 2 is 1.92 bits per heavy atom. The molecule has 0 saturated heterocycles. The molecule has 0 unspecified atom stereocenters. The van der Waals surface area contributed by atoms with E-state index in [2.05, 4.69) is 37.5 Å². The smallest absolute Gasteiger partial charge is 0.253 e. The predicted octanol–water partition coefficient (Wildman–Crippen LogP) is 4.77. The lowest BCUT2D eigenvalue weighted by atomic mass is 10.0. The van der Waals surface area contributed by atoms with Gasteiger partial charge in [-0.05, 0) is 60.1 Å². The Morgan fingerprint density at radius 1 is 1.31 bits per heavy atom. The van der Waals surface area contributed by atoms with Gasteiger partial charge in [-0.15, -0.1) is 0 Å². The van der Waals surface area contributed by atoms with Gasteiger partial charge in [0.2, 0.25) is 0 Å². The van der Waals surface area contributed by atoms with E-state index in [1.54, 1.807) is 11.0 Å². The molecule has 4 heteroatoms. The number of allylic oxidation sites excluding steroid dienone is 3. The molecule has 1 aliphatic rings. The fraction of sp³-hybridized carbons (Fsp3) is 0.545. The van der Waals surface area contributed by atoms with Crippen molar-refractivity contribution in [3.05, 3.63) is 46.8 Å². The maximum Gasteiger partial charge on any atom is 0.253 e. The molecule has 0 aromatic rings. The number of likely N-dealkylation sites (N-methyl/N-ethyl adjacent to an activating group) is 1. The molecule has 0 radical (unpaired) electrons. The summed E-state index contributed by atoms with van der Waals surface area (Å²) in [6.45, 7) is 18.3. The Kier molecular flexibility index (Phi) is 8.07. The number of carbonyl (C=O) groups is 1. The van der Waals surface area contributed by atoms with E-state index in [-0.39, 0.29) is 11.4 Å². The van der Waals surface area contributed by atoms with Gasteiger partial charge in [0.1, 0.15) is 5.82 Å². The Bertz CT molecular complexity index is 644. The molecule has 1 fully saturated rings. The van der Waals surface area contributed by atoms with Crippen molar-refractivity contribution in [2.75, 3.05) is 13.6 Å². The van der Waals surface area contributed by atoms with Crippen LogP contribution in [0.25, 0.3) is 0 Å². The normalized spacial score (nSPS) is 16.3. The minimum absolute atomic E-state index is 0.0282. The van der Waals surface area contributed by atoms with Crippen molar-refractivity contribution < 1.29 is 4.79 Å². The number of carbonyl (C=O) groups excluding carboxylic acids is 1. The summed E-state index contributed by atoms with van der Waals surface area (Å²) < 4.78 is 0. The van der Waals surface area contributed by atoms with Gasteiger partial charge in [-0.2, -0.15) is 0 Å². The minimum atomic E-state index is 0.0282. The van der Waals surface area contributed by atoms with Gasteiger partial charge in [-0.1, -0.05) is 36.8 Å². The number of amides is 1. The van der Waals surface area contributed by atoms with Crippen LogP contribution >= 0.6 is 0 Å². The molecule has 1 saturated carbocycles. The Hall–Kier alpha value is -2.10. The number of hydrogen-bond donors (Lipinski definition) is 1. The first-order chi connectivity index (χ1) is 12.2. The molecule has 144 valence electrons. The molecule has 1 N–H and O–H groups in total. The third-order valence-electron chi connectivity index (χ3n) is 4.95. The summed E-state index contributed by atoms with van der Waals surface area (Å²) in [6.07, 6.45) is 7.90. The fourth-order valence-electron chi connectivity index (χ4n) is 2.87. The maximum atomic E-state index is 13.1. The molecule has 26 heavy (non-hydrogen) atoms. The lowest BCUT2D eigenvalue weighted by Gasteiger charge is -2.23. The van der Waals surface area contributed by atoms with Crippen LogP contribution in [0.5, 0.6) is 0 Å². The first-order valence-corrected chi connectivity index (χ1v) is 9.38. The lowest BCUT2D eigenvalue weighted by Crippen LogP contribution is -2.32. The van der Waals surface area contributed by atoms with Gasteiger partial charge in [0.15, 0.2) is 0 Å². The van der Waals surface area contributed by atoms with Crippen molar-refractivity contribution in [1.29, 1.82) is 0 Å². The quantitative estimate of drug-likeness (QED) is 0.348. The van der Waals surface area contributed by atoms with E-state index in [4.69, 9.17) is 0 Å². The zero-order valence-corrected chi connectivity index (χ0v) is 17.4. The standard InChI is InChI=1S/C22H35N3O/c1-9-11-18(10-2)12-15-25(8)21(26)19(16(3)4)17(5)20(23-7)24-22(6)13-14-22/h9,11,24H,1,7,10,12-15H2,2-6,8H3/b18-11+,20-17-. The highest BCUT2D eigenvalue weighted by atomic mass is 16.2. The van der Waals surface area contributed by atoms with Crippen LogP contribution in [0.1, 0.15) is 60.3 Å². The molecule has 0 heterocycles. The molecule has 0 spiro atoms. The predicted molar refractivity (Wildman–Crippen MR) is 112 cm³/mol. The molecule has 0 aromatic carbocycles. The molecule has 0 aromatic heterocycles. The molecule has 0 atom stereocenters. The Morgan fingerprint density at radius 3 is 2.35 bits per heavy atom. The van der Waals surface area contributed by atoms with E-state index in [0.29, 0.717) is 12.4 Å². The molecule has 0 bridgehead atoms.